The summed E-state index contributed by atoms with van der Waals surface area (Å²) in [6.07, 6.45) is 3.18. The first-order chi connectivity index (χ1) is 14.1. The van der Waals surface area contributed by atoms with Crippen molar-refractivity contribution in [2.45, 2.75) is 13.5 Å². The van der Waals surface area contributed by atoms with E-state index in [1.54, 1.807) is 10.9 Å². The van der Waals surface area contributed by atoms with Crippen molar-refractivity contribution in [3.63, 3.8) is 0 Å². The van der Waals surface area contributed by atoms with Crippen LogP contribution in [-0.2, 0) is 6.54 Å². The van der Waals surface area contributed by atoms with Crippen LogP contribution in [0.25, 0.3) is 17.1 Å². The lowest BCUT2D eigenvalue weighted by atomic mass is 10.1. The van der Waals surface area contributed by atoms with Crippen molar-refractivity contribution < 1.29 is 9.90 Å². The summed E-state index contributed by atoms with van der Waals surface area (Å²) in [6, 6.07) is 19.2. The maximum atomic E-state index is 11.2. The van der Waals surface area contributed by atoms with Crippen molar-refractivity contribution in [3.8, 4) is 17.1 Å². The second kappa shape index (κ2) is 7.93. The van der Waals surface area contributed by atoms with Gasteiger partial charge in [0.2, 0.25) is 0 Å². The van der Waals surface area contributed by atoms with E-state index >= 15 is 0 Å². The molecule has 2 aromatic carbocycles. The maximum absolute atomic E-state index is 11.2. The van der Waals surface area contributed by atoms with E-state index in [2.05, 4.69) is 51.8 Å². The highest BCUT2D eigenvalue weighted by molar-refractivity contribution is 5.88. The number of aromatic nitrogens is 4. The Labute approximate surface area is 167 Å². The summed E-state index contributed by atoms with van der Waals surface area (Å²) >= 11 is 0. The Morgan fingerprint density at radius 2 is 1.90 bits per heavy atom. The van der Waals surface area contributed by atoms with Crippen LogP contribution in [-0.4, -0.2) is 31.1 Å². The summed E-state index contributed by atoms with van der Waals surface area (Å²) in [5.74, 6) is -1.01. The molecule has 0 saturated carbocycles. The van der Waals surface area contributed by atoms with Gasteiger partial charge in [-0.15, -0.1) is 5.10 Å². The monoisotopic (exact) mass is 385 g/mol. The lowest BCUT2D eigenvalue weighted by Gasteiger charge is -2.08. The third kappa shape index (κ3) is 4.30. The lowest BCUT2D eigenvalue weighted by molar-refractivity contribution is 0.0697. The van der Waals surface area contributed by atoms with Crippen molar-refractivity contribution in [2.75, 3.05) is 5.32 Å². The van der Waals surface area contributed by atoms with Gasteiger partial charge in [-0.25, -0.2) is 9.48 Å². The van der Waals surface area contributed by atoms with E-state index in [1.807, 2.05) is 24.3 Å². The molecule has 0 bridgehead atoms. The zero-order chi connectivity index (χ0) is 20.2. The molecule has 0 aliphatic heterocycles. The summed E-state index contributed by atoms with van der Waals surface area (Å²) in [5.41, 5.74) is 5.37. The van der Waals surface area contributed by atoms with Crippen molar-refractivity contribution in [1.29, 1.82) is 0 Å². The minimum Gasteiger partial charge on any atom is -0.478 e. The molecule has 0 saturated heterocycles. The molecule has 0 fully saturated rings. The number of carboxylic acid groups (broad SMARTS) is 1. The highest BCUT2D eigenvalue weighted by Crippen LogP contribution is 2.19. The molecule has 2 N–H and O–H groups in total. The smallest absolute Gasteiger partial charge is 0.335 e. The number of benzene rings is 2. The van der Waals surface area contributed by atoms with Gasteiger partial charge >= 0.3 is 5.97 Å². The quantitative estimate of drug-likeness (QED) is 0.522. The molecule has 7 heteroatoms. The van der Waals surface area contributed by atoms with Gasteiger partial charge in [-0.05, 0) is 42.8 Å². The Bertz CT molecular complexity index is 1150. The van der Waals surface area contributed by atoms with E-state index in [0.717, 1.165) is 17.9 Å². The van der Waals surface area contributed by atoms with Gasteiger partial charge in [-0.2, -0.15) is 0 Å². The molecule has 0 radical (unpaired) electrons. The number of nitrogens with one attached hydrogen (secondary N) is 1. The van der Waals surface area contributed by atoms with Crippen LogP contribution in [0.5, 0.6) is 0 Å². The number of hydrogen-bond acceptors (Lipinski definition) is 5. The molecule has 0 atom stereocenters. The van der Waals surface area contributed by atoms with E-state index in [1.165, 1.54) is 29.5 Å². The van der Waals surface area contributed by atoms with Gasteiger partial charge in [0.25, 0.3) is 0 Å². The van der Waals surface area contributed by atoms with Crippen LogP contribution in [0.3, 0.4) is 0 Å². The summed E-state index contributed by atoms with van der Waals surface area (Å²) in [7, 11) is 0. The largest absolute Gasteiger partial charge is 0.478 e. The molecule has 0 amide bonds. The van der Waals surface area contributed by atoms with Crippen molar-refractivity contribution >= 4 is 11.7 Å². The molecule has 144 valence electrons. The van der Waals surface area contributed by atoms with E-state index in [0.29, 0.717) is 11.4 Å². The molecule has 0 aliphatic carbocycles. The molecule has 2 aromatic heterocycles. The molecular weight excluding hydrogens is 366 g/mol. The Morgan fingerprint density at radius 3 is 2.69 bits per heavy atom. The first-order valence-electron chi connectivity index (χ1n) is 9.10. The number of carbonyl (C=O) groups is 1. The highest BCUT2D eigenvalue weighted by atomic mass is 16.4. The summed E-state index contributed by atoms with van der Waals surface area (Å²) in [5, 5.41) is 20.8. The summed E-state index contributed by atoms with van der Waals surface area (Å²) in [6.45, 7) is 2.79. The highest BCUT2D eigenvalue weighted by Gasteiger charge is 2.10. The Morgan fingerprint density at radius 1 is 1.07 bits per heavy atom. The van der Waals surface area contributed by atoms with Gasteiger partial charge in [0, 0.05) is 18.4 Å². The van der Waals surface area contributed by atoms with Crippen LogP contribution < -0.4 is 5.32 Å². The topological polar surface area (TPSA) is 92.9 Å². The van der Waals surface area contributed by atoms with Crippen molar-refractivity contribution in [3.05, 3.63) is 89.7 Å². The molecular formula is C22H19N5O2. The Kier molecular flexibility index (Phi) is 5.03. The molecule has 4 aromatic rings. The maximum Gasteiger partial charge on any atom is 0.335 e. The Hall–Kier alpha value is -4.00. The molecule has 0 spiro atoms. The number of nitrogens with zero attached hydrogens (tertiary/aromatic N) is 4. The molecule has 29 heavy (non-hydrogen) atoms. The number of aromatic carboxylic acids is 1. The fourth-order valence-electron chi connectivity index (χ4n) is 2.88. The molecule has 0 unspecified atom stereocenters. The second-order valence-corrected chi connectivity index (χ2v) is 6.67. The number of hydrogen-bond donors (Lipinski definition) is 2. The van der Waals surface area contributed by atoms with Crippen LogP contribution in [0.1, 0.15) is 21.5 Å². The van der Waals surface area contributed by atoms with Gasteiger partial charge in [0.05, 0.1) is 23.1 Å². The fraction of sp³-hybridized carbons (Fsp3) is 0.0909. The number of pyridine rings is 1. The van der Waals surface area contributed by atoms with Gasteiger partial charge in [-0.1, -0.05) is 41.1 Å². The predicted octanol–water partition coefficient (Wildman–Crippen LogP) is 3.95. The van der Waals surface area contributed by atoms with E-state index in [-0.39, 0.29) is 5.56 Å². The van der Waals surface area contributed by atoms with E-state index in [4.69, 9.17) is 5.11 Å². The van der Waals surface area contributed by atoms with Crippen LogP contribution in [0, 0.1) is 6.92 Å². The minimum absolute atomic E-state index is 0.159. The van der Waals surface area contributed by atoms with Gasteiger partial charge in [-0.3, -0.25) is 4.98 Å². The van der Waals surface area contributed by atoms with E-state index in [9.17, 15) is 4.79 Å². The van der Waals surface area contributed by atoms with Crippen molar-refractivity contribution in [1.82, 2.24) is 20.0 Å². The molecule has 7 nitrogen and oxygen atoms in total. The van der Waals surface area contributed by atoms with Gasteiger partial charge in [0.1, 0.15) is 5.69 Å². The van der Waals surface area contributed by atoms with Crippen LogP contribution in [0.4, 0.5) is 5.69 Å². The SMILES string of the molecule is Cc1ccc(CNc2cccc(-n3cc(-c4cc(C(=O)O)ccn4)nn3)c2)cc1. The molecule has 2 heterocycles. The third-order valence-corrected chi connectivity index (χ3v) is 4.49. The Balaban J connectivity index is 1.52. The number of anilines is 1. The number of carboxylic acids is 1. The zero-order valence-electron chi connectivity index (χ0n) is 15.8. The van der Waals surface area contributed by atoms with Crippen molar-refractivity contribution in [2.24, 2.45) is 0 Å². The lowest BCUT2D eigenvalue weighted by Crippen LogP contribution is -2.01. The van der Waals surface area contributed by atoms with Gasteiger partial charge < -0.3 is 10.4 Å². The number of aryl methyl sites for hydroxylation is 1. The first-order valence-corrected chi connectivity index (χ1v) is 9.10. The van der Waals surface area contributed by atoms with Crippen LogP contribution in [0.15, 0.2) is 73.1 Å². The van der Waals surface area contributed by atoms with Crippen LogP contribution in [0.2, 0.25) is 0 Å². The normalized spacial score (nSPS) is 10.7. The van der Waals surface area contributed by atoms with Crippen LogP contribution >= 0.6 is 0 Å². The number of rotatable bonds is 6. The predicted molar refractivity (Wildman–Crippen MR) is 110 cm³/mol. The van der Waals surface area contributed by atoms with E-state index < -0.39 is 5.97 Å². The summed E-state index contributed by atoms with van der Waals surface area (Å²) in [4.78, 5) is 15.3. The standard InChI is InChI=1S/C22H19N5O2/c1-15-5-7-16(8-6-15)13-24-18-3-2-4-19(12-18)27-14-21(25-26-27)20-11-17(22(28)29)9-10-23-20/h2-12,14,24H,13H2,1H3,(H,28,29). The fourth-order valence-corrected chi connectivity index (χ4v) is 2.88. The molecule has 0 aliphatic rings. The molecule has 4 rings (SSSR count). The average molecular weight is 385 g/mol. The van der Waals surface area contributed by atoms with Gasteiger partial charge in [0.15, 0.2) is 0 Å². The average Bonchev–Trinajstić information content (AvgIpc) is 3.24. The minimum atomic E-state index is -1.01. The first kappa shape index (κ1) is 18.4. The third-order valence-electron chi connectivity index (χ3n) is 4.49. The zero-order valence-corrected chi connectivity index (χ0v) is 15.8. The summed E-state index contributed by atoms with van der Waals surface area (Å²) < 4.78 is 1.64. The second-order valence-electron chi connectivity index (χ2n) is 6.67.